The fourth-order valence-electron chi connectivity index (χ4n) is 4.99. The monoisotopic (exact) mass is 430 g/mol. The normalized spacial score (nSPS) is 24.5. The number of aromatic nitrogens is 1. The minimum absolute atomic E-state index is 0.122. The zero-order chi connectivity index (χ0) is 22.0. The maximum Gasteiger partial charge on any atom is 0.417 e. The summed E-state index contributed by atoms with van der Waals surface area (Å²) >= 11 is 0. The molecule has 1 unspecified atom stereocenters. The van der Waals surface area contributed by atoms with Crippen LogP contribution >= 0.6 is 0 Å². The molecule has 1 amide bonds. The predicted molar refractivity (Wildman–Crippen MR) is 107 cm³/mol. The topological polar surface area (TPSA) is 80.8 Å². The minimum Gasteiger partial charge on any atom is -0.487 e. The first-order chi connectivity index (χ1) is 14.6. The number of halogens is 3. The third-order valence-electron chi connectivity index (χ3n) is 6.55. The SMILES string of the molecule is CN1C(=O)C2(CC3(CCCC3)Oc3ccc(-c4cncc(C(F)(F)F)c4)cc32)N=C1N. The molecule has 2 N–H and O–H groups in total. The molecule has 1 aromatic carbocycles. The van der Waals surface area contributed by atoms with Crippen LogP contribution in [0.4, 0.5) is 13.2 Å². The van der Waals surface area contributed by atoms with Crippen LogP contribution in [-0.2, 0) is 16.5 Å². The minimum atomic E-state index is -4.50. The van der Waals surface area contributed by atoms with Crippen molar-refractivity contribution in [3.05, 3.63) is 47.8 Å². The summed E-state index contributed by atoms with van der Waals surface area (Å²) in [5.74, 6) is 0.398. The Labute approximate surface area is 176 Å². The molecule has 1 aromatic heterocycles. The van der Waals surface area contributed by atoms with Gasteiger partial charge in [-0.3, -0.25) is 14.7 Å². The fourth-order valence-corrected chi connectivity index (χ4v) is 4.99. The van der Waals surface area contributed by atoms with Gasteiger partial charge >= 0.3 is 6.18 Å². The molecular formula is C22H21F3N4O2. The molecule has 2 aliphatic heterocycles. The first-order valence-electron chi connectivity index (χ1n) is 10.1. The standard InChI is InChI=1S/C22H21F3N4O2/c1-29-18(30)21(28-19(29)26)12-20(6-2-3-7-20)31-17-5-4-13(9-16(17)21)14-8-15(11-27-10-14)22(23,24)25/h4-5,8-11H,2-3,6-7,12H2,1H3,(H2,26,28). The van der Waals surface area contributed by atoms with Gasteiger partial charge in [0, 0.05) is 37.0 Å². The van der Waals surface area contributed by atoms with E-state index < -0.39 is 22.9 Å². The smallest absolute Gasteiger partial charge is 0.417 e. The molecule has 162 valence electrons. The van der Waals surface area contributed by atoms with Gasteiger partial charge in [-0.05, 0) is 49.4 Å². The highest BCUT2D eigenvalue weighted by Crippen LogP contribution is 2.54. The van der Waals surface area contributed by atoms with Crippen molar-refractivity contribution in [2.24, 2.45) is 10.7 Å². The van der Waals surface area contributed by atoms with Crippen molar-refractivity contribution in [2.45, 2.75) is 49.4 Å². The second kappa shape index (κ2) is 6.45. The summed E-state index contributed by atoms with van der Waals surface area (Å²) < 4.78 is 45.9. The zero-order valence-electron chi connectivity index (χ0n) is 16.9. The summed E-state index contributed by atoms with van der Waals surface area (Å²) in [5, 5.41) is 0. The molecule has 1 aliphatic carbocycles. The van der Waals surface area contributed by atoms with Gasteiger partial charge in [-0.2, -0.15) is 13.2 Å². The number of likely N-dealkylation sites (N-methyl/N-ethyl adjacent to an activating group) is 1. The van der Waals surface area contributed by atoms with Crippen molar-refractivity contribution in [2.75, 3.05) is 7.05 Å². The number of amides is 1. The number of alkyl halides is 3. The number of pyridine rings is 1. The van der Waals surface area contributed by atoms with Crippen LogP contribution in [0.3, 0.4) is 0 Å². The second-order valence-corrected chi connectivity index (χ2v) is 8.53. The molecule has 1 saturated carbocycles. The summed E-state index contributed by atoms with van der Waals surface area (Å²) in [7, 11) is 1.58. The van der Waals surface area contributed by atoms with Crippen LogP contribution in [0.25, 0.3) is 11.1 Å². The molecule has 0 saturated heterocycles. The Balaban J connectivity index is 1.67. The van der Waals surface area contributed by atoms with E-state index in [-0.39, 0.29) is 11.9 Å². The summed E-state index contributed by atoms with van der Waals surface area (Å²) in [6.45, 7) is 0. The van der Waals surface area contributed by atoms with E-state index in [2.05, 4.69) is 9.98 Å². The van der Waals surface area contributed by atoms with E-state index in [1.807, 2.05) is 0 Å². The zero-order valence-corrected chi connectivity index (χ0v) is 16.9. The van der Waals surface area contributed by atoms with Crippen LogP contribution in [0.2, 0.25) is 0 Å². The summed E-state index contributed by atoms with van der Waals surface area (Å²) in [4.78, 5) is 23.0. The van der Waals surface area contributed by atoms with Crippen molar-refractivity contribution in [3.8, 4) is 16.9 Å². The van der Waals surface area contributed by atoms with Gasteiger partial charge in [0.25, 0.3) is 5.91 Å². The number of rotatable bonds is 1. The van der Waals surface area contributed by atoms with Crippen molar-refractivity contribution in [1.29, 1.82) is 0 Å². The number of nitrogens with two attached hydrogens (primary N) is 1. The highest BCUT2D eigenvalue weighted by Gasteiger charge is 2.58. The van der Waals surface area contributed by atoms with Crippen LogP contribution in [0.15, 0.2) is 41.7 Å². The lowest BCUT2D eigenvalue weighted by atomic mass is 9.75. The number of guanidine groups is 1. The van der Waals surface area contributed by atoms with Gasteiger partial charge in [-0.15, -0.1) is 0 Å². The van der Waals surface area contributed by atoms with Crippen LogP contribution in [0, 0.1) is 0 Å². The maximum atomic E-state index is 13.3. The summed E-state index contributed by atoms with van der Waals surface area (Å²) in [5.41, 5.74) is 4.78. The number of ether oxygens (including phenoxy) is 1. The van der Waals surface area contributed by atoms with Gasteiger partial charge in [-0.25, -0.2) is 4.99 Å². The molecule has 3 aliphatic rings. The third-order valence-corrected chi connectivity index (χ3v) is 6.55. The lowest BCUT2D eigenvalue weighted by Gasteiger charge is -2.43. The molecule has 2 spiro atoms. The van der Waals surface area contributed by atoms with Gasteiger partial charge < -0.3 is 10.5 Å². The summed E-state index contributed by atoms with van der Waals surface area (Å²) in [6, 6.07) is 6.13. The van der Waals surface area contributed by atoms with Gasteiger partial charge in [0.15, 0.2) is 11.5 Å². The lowest BCUT2D eigenvalue weighted by molar-refractivity contribution is -0.137. The van der Waals surface area contributed by atoms with E-state index in [1.54, 1.807) is 25.2 Å². The fraction of sp³-hybridized carbons (Fsp3) is 0.409. The molecular weight excluding hydrogens is 409 g/mol. The van der Waals surface area contributed by atoms with E-state index in [9.17, 15) is 18.0 Å². The van der Waals surface area contributed by atoms with Crippen LogP contribution < -0.4 is 10.5 Å². The maximum absolute atomic E-state index is 13.3. The van der Waals surface area contributed by atoms with Crippen LogP contribution in [0.1, 0.15) is 43.2 Å². The van der Waals surface area contributed by atoms with Crippen molar-refractivity contribution < 1.29 is 22.7 Å². The highest BCUT2D eigenvalue weighted by atomic mass is 19.4. The quantitative estimate of drug-likeness (QED) is 0.745. The molecule has 5 rings (SSSR count). The molecule has 1 atom stereocenters. The molecule has 0 bridgehead atoms. The first-order valence-corrected chi connectivity index (χ1v) is 10.1. The van der Waals surface area contributed by atoms with Crippen molar-refractivity contribution in [1.82, 2.24) is 9.88 Å². The van der Waals surface area contributed by atoms with Crippen LogP contribution in [-0.4, -0.2) is 34.4 Å². The number of fused-ring (bicyclic) bond motifs is 2. The van der Waals surface area contributed by atoms with E-state index in [0.717, 1.165) is 37.9 Å². The number of aliphatic imine (C=N–C) groups is 1. The predicted octanol–water partition coefficient (Wildman–Crippen LogP) is 3.84. The van der Waals surface area contributed by atoms with E-state index in [4.69, 9.17) is 10.5 Å². The Hall–Kier alpha value is -3.10. The van der Waals surface area contributed by atoms with Gasteiger partial charge in [-0.1, -0.05) is 6.07 Å². The number of hydrogen-bond donors (Lipinski definition) is 1. The first kappa shape index (κ1) is 19.8. The van der Waals surface area contributed by atoms with Crippen LogP contribution in [0.5, 0.6) is 5.75 Å². The molecule has 1 fully saturated rings. The molecule has 2 aromatic rings. The molecule has 3 heterocycles. The van der Waals surface area contributed by atoms with Crippen molar-refractivity contribution in [3.63, 3.8) is 0 Å². The highest BCUT2D eigenvalue weighted by molar-refractivity contribution is 6.07. The molecule has 31 heavy (non-hydrogen) atoms. The third kappa shape index (κ3) is 2.97. The Morgan fingerprint density at radius 1 is 1.13 bits per heavy atom. The Kier molecular flexibility index (Phi) is 4.13. The number of carbonyl (C=O) groups is 1. The van der Waals surface area contributed by atoms with E-state index in [0.29, 0.717) is 28.9 Å². The Morgan fingerprint density at radius 3 is 2.52 bits per heavy atom. The van der Waals surface area contributed by atoms with Gasteiger partial charge in [0.05, 0.1) is 5.56 Å². The average Bonchev–Trinajstić information content (AvgIpc) is 3.26. The van der Waals surface area contributed by atoms with Gasteiger partial charge in [0.2, 0.25) is 0 Å². The number of nitrogens with zero attached hydrogens (tertiary/aromatic N) is 3. The number of hydrogen-bond acceptors (Lipinski definition) is 5. The Bertz CT molecular complexity index is 1110. The molecule has 9 heteroatoms. The van der Waals surface area contributed by atoms with E-state index in [1.165, 1.54) is 11.1 Å². The largest absolute Gasteiger partial charge is 0.487 e. The Morgan fingerprint density at radius 2 is 1.87 bits per heavy atom. The number of benzene rings is 1. The van der Waals surface area contributed by atoms with Gasteiger partial charge in [0.1, 0.15) is 11.4 Å². The van der Waals surface area contributed by atoms with E-state index >= 15 is 0 Å². The second-order valence-electron chi connectivity index (χ2n) is 8.53. The average molecular weight is 430 g/mol. The molecule has 6 nitrogen and oxygen atoms in total. The summed E-state index contributed by atoms with van der Waals surface area (Å²) in [6.07, 6.45) is 1.66. The van der Waals surface area contributed by atoms with Crippen molar-refractivity contribution >= 4 is 11.9 Å². The molecule has 0 radical (unpaired) electrons. The lowest BCUT2D eigenvalue weighted by Crippen LogP contribution is -2.50. The number of carbonyl (C=O) groups excluding carboxylic acids is 1.